The lowest BCUT2D eigenvalue weighted by Gasteiger charge is -2.56. The zero-order chi connectivity index (χ0) is 33.0. The average Bonchev–Trinajstić information content (AvgIpc) is 3.44. The number of benzene rings is 2. The maximum atomic E-state index is 11.7. The first-order chi connectivity index (χ1) is 23.3. The molecule has 2 aromatic carbocycles. The summed E-state index contributed by atoms with van der Waals surface area (Å²) in [4.78, 5) is 26.1. The van der Waals surface area contributed by atoms with Crippen LogP contribution in [0.5, 0.6) is 11.6 Å². The number of likely N-dealkylation sites (tertiary alicyclic amines) is 2. The number of ether oxygens (including phenoxy) is 2. The zero-order valence-electron chi connectivity index (χ0n) is 27.1. The molecular weight excluding hydrogens is 647 g/mol. The average molecular weight is 686 g/mol. The van der Waals surface area contributed by atoms with E-state index in [1.807, 2.05) is 42.5 Å². The highest BCUT2D eigenvalue weighted by atomic mass is 35.5. The molecule has 2 spiro atoms. The first-order valence-corrected chi connectivity index (χ1v) is 17.1. The van der Waals surface area contributed by atoms with Crippen molar-refractivity contribution in [3.8, 4) is 45.3 Å². The summed E-state index contributed by atoms with van der Waals surface area (Å²) < 4.78 is 11.6. The number of nitrogens with one attached hydrogen (secondary N) is 2. The largest absolute Gasteiger partial charge is 0.496 e. The first-order valence-electron chi connectivity index (χ1n) is 16.3. The molecule has 4 saturated heterocycles. The summed E-state index contributed by atoms with van der Waals surface area (Å²) in [5.41, 5.74) is 7.30. The van der Waals surface area contributed by atoms with Crippen molar-refractivity contribution in [3.63, 3.8) is 0 Å². The van der Waals surface area contributed by atoms with Crippen molar-refractivity contribution in [3.05, 3.63) is 82.0 Å². The number of hydrogen-bond donors (Lipinski definition) is 2. The Labute approximate surface area is 290 Å². The molecule has 48 heavy (non-hydrogen) atoms. The van der Waals surface area contributed by atoms with Gasteiger partial charge in [-0.3, -0.25) is 19.6 Å². The summed E-state index contributed by atoms with van der Waals surface area (Å²) in [6.45, 7) is 8.56. The fraction of sp³-hybridized carbons (Fsp3) is 0.378. The third-order valence-corrected chi connectivity index (χ3v) is 11.2. The van der Waals surface area contributed by atoms with E-state index in [4.69, 9.17) is 37.7 Å². The molecule has 4 aliphatic heterocycles. The Balaban J connectivity index is 1.03. The third-order valence-electron chi connectivity index (χ3n) is 10.4. The maximum Gasteiger partial charge on any atom is 0.220 e. The molecule has 0 aliphatic carbocycles. The van der Waals surface area contributed by atoms with Gasteiger partial charge < -0.3 is 20.1 Å². The minimum atomic E-state index is 0.0699. The normalized spacial score (nSPS) is 19.5. The molecule has 6 heterocycles. The SMILES string of the molecule is COc1cc(-c2nccc(-c3cccc(-c4ccc(CN5CC6(CNC(=O)C6)C5)c(OC)n4)c3Cl)c2Cl)ccc1CN1CC2(CNC2)C1. The second-order valence-corrected chi connectivity index (χ2v) is 14.7. The molecule has 2 aromatic heterocycles. The van der Waals surface area contributed by atoms with Gasteiger partial charge in [-0.2, -0.15) is 0 Å². The van der Waals surface area contributed by atoms with E-state index >= 15 is 0 Å². The van der Waals surface area contributed by atoms with E-state index in [1.54, 1.807) is 20.4 Å². The van der Waals surface area contributed by atoms with E-state index in [0.29, 0.717) is 45.7 Å². The van der Waals surface area contributed by atoms with E-state index in [0.717, 1.165) is 91.5 Å². The lowest BCUT2D eigenvalue weighted by atomic mass is 9.74. The van der Waals surface area contributed by atoms with Gasteiger partial charge in [0.05, 0.1) is 35.7 Å². The minimum Gasteiger partial charge on any atom is -0.496 e. The number of hydrogen-bond acceptors (Lipinski definition) is 8. The molecule has 2 N–H and O–H groups in total. The predicted molar refractivity (Wildman–Crippen MR) is 187 cm³/mol. The van der Waals surface area contributed by atoms with E-state index < -0.39 is 0 Å². The molecule has 248 valence electrons. The number of halogens is 2. The summed E-state index contributed by atoms with van der Waals surface area (Å²) in [6.07, 6.45) is 2.37. The van der Waals surface area contributed by atoms with Crippen LogP contribution in [0.2, 0.25) is 10.0 Å². The van der Waals surface area contributed by atoms with E-state index in [9.17, 15) is 4.79 Å². The molecule has 4 aliphatic rings. The maximum absolute atomic E-state index is 11.7. The molecule has 0 radical (unpaired) electrons. The van der Waals surface area contributed by atoms with Gasteiger partial charge in [0, 0.05) is 116 Å². The molecule has 0 bridgehead atoms. The monoisotopic (exact) mass is 684 g/mol. The Bertz CT molecular complexity index is 1900. The Morgan fingerprint density at radius 3 is 2.21 bits per heavy atom. The Morgan fingerprint density at radius 2 is 1.52 bits per heavy atom. The van der Waals surface area contributed by atoms with Crippen molar-refractivity contribution in [2.45, 2.75) is 19.5 Å². The van der Waals surface area contributed by atoms with Gasteiger partial charge in [-0.05, 0) is 18.2 Å². The van der Waals surface area contributed by atoms with Gasteiger partial charge in [0.2, 0.25) is 11.8 Å². The van der Waals surface area contributed by atoms with Crippen LogP contribution in [0.3, 0.4) is 0 Å². The summed E-state index contributed by atoms with van der Waals surface area (Å²) in [7, 11) is 3.34. The first kappa shape index (κ1) is 31.5. The number of amides is 1. The van der Waals surface area contributed by atoms with Crippen LogP contribution in [-0.2, 0) is 17.9 Å². The van der Waals surface area contributed by atoms with E-state index in [2.05, 4.69) is 37.6 Å². The van der Waals surface area contributed by atoms with Gasteiger partial charge in [-0.1, -0.05) is 59.6 Å². The molecule has 0 saturated carbocycles. The molecular formula is C37H38Cl2N6O3. The molecule has 0 unspecified atom stereocenters. The topological polar surface area (TPSA) is 91.8 Å². The zero-order valence-corrected chi connectivity index (χ0v) is 28.6. The third kappa shape index (κ3) is 5.61. The van der Waals surface area contributed by atoms with Gasteiger partial charge in [0.15, 0.2) is 0 Å². The van der Waals surface area contributed by atoms with E-state index in [1.165, 1.54) is 0 Å². The number of aromatic nitrogens is 2. The highest BCUT2D eigenvalue weighted by Gasteiger charge is 2.48. The highest BCUT2D eigenvalue weighted by Crippen LogP contribution is 2.43. The smallest absolute Gasteiger partial charge is 0.220 e. The lowest BCUT2D eigenvalue weighted by Crippen LogP contribution is -2.70. The molecule has 11 heteroatoms. The quantitative estimate of drug-likeness (QED) is 0.238. The number of nitrogens with zero attached hydrogens (tertiary/aromatic N) is 4. The predicted octanol–water partition coefficient (Wildman–Crippen LogP) is 5.53. The van der Waals surface area contributed by atoms with Crippen molar-refractivity contribution in [2.24, 2.45) is 10.8 Å². The van der Waals surface area contributed by atoms with Gasteiger partial charge in [0.1, 0.15) is 5.75 Å². The van der Waals surface area contributed by atoms with Crippen LogP contribution in [0.4, 0.5) is 0 Å². The lowest BCUT2D eigenvalue weighted by molar-refractivity contribution is -0.120. The standard InChI is InChI=1S/C37H38Cl2N6O3/c1-47-30-12-23(6-7-24(30)14-44-21-37(22-44)16-40-17-37)34-33(39)27(10-11-41-34)26-4-3-5-28(32(26)38)29-9-8-25(35(43-29)48-2)15-45-19-36(20-45)13-31(46)42-18-36/h3-12,40H,13-22H2,1-2H3,(H,42,46). The van der Waals surface area contributed by atoms with Crippen molar-refractivity contribution in [2.75, 3.05) is 60.0 Å². The van der Waals surface area contributed by atoms with Gasteiger partial charge >= 0.3 is 0 Å². The van der Waals surface area contributed by atoms with Crippen LogP contribution in [0.25, 0.3) is 33.6 Å². The number of pyridine rings is 2. The number of methoxy groups -OCH3 is 2. The van der Waals surface area contributed by atoms with Crippen molar-refractivity contribution >= 4 is 29.1 Å². The number of rotatable bonds is 9. The van der Waals surface area contributed by atoms with Crippen LogP contribution in [0.15, 0.2) is 60.8 Å². The second-order valence-electron chi connectivity index (χ2n) is 13.9. The van der Waals surface area contributed by atoms with Crippen LogP contribution in [0, 0.1) is 10.8 Å². The summed E-state index contributed by atoms with van der Waals surface area (Å²) in [5, 5.41) is 7.43. The Morgan fingerprint density at radius 1 is 0.812 bits per heavy atom. The van der Waals surface area contributed by atoms with E-state index in [-0.39, 0.29) is 11.3 Å². The fourth-order valence-electron chi connectivity index (χ4n) is 7.92. The molecule has 0 atom stereocenters. The molecule has 4 fully saturated rings. The Hall–Kier alpha value is -3.73. The summed E-state index contributed by atoms with van der Waals surface area (Å²) >= 11 is 14.2. The van der Waals surface area contributed by atoms with Crippen LogP contribution in [0.1, 0.15) is 17.5 Å². The molecule has 8 rings (SSSR count). The number of carbonyl (C=O) groups is 1. The Kier molecular flexibility index (Phi) is 8.08. The minimum absolute atomic E-state index is 0.0699. The molecule has 4 aromatic rings. The second kappa shape index (κ2) is 12.3. The van der Waals surface area contributed by atoms with Gasteiger partial charge in [-0.25, -0.2) is 4.98 Å². The molecule has 1 amide bonds. The fourth-order valence-corrected chi connectivity index (χ4v) is 8.56. The van der Waals surface area contributed by atoms with Crippen LogP contribution >= 0.6 is 23.2 Å². The van der Waals surface area contributed by atoms with Crippen molar-refractivity contribution in [1.82, 2.24) is 30.4 Å². The molecule has 9 nitrogen and oxygen atoms in total. The van der Waals surface area contributed by atoms with Gasteiger partial charge in [-0.15, -0.1) is 0 Å². The van der Waals surface area contributed by atoms with Crippen LogP contribution in [-0.4, -0.2) is 85.7 Å². The van der Waals surface area contributed by atoms with Gasteiger partial charge in [0.25, 0.3) is 0 Å². The highest BCUT2D eigenvalue weighted by molar-refractivity contribution is 6.39. The number of carbonyl (C=O) groups excluding carboxylic acids is 1. The van der Waals surface area contributed by atoms with Crippen molar-refractivity contribution in [1.29, 1.82) is 0 Å². The van der Waals surface area contributed by atoms with Crippen molar-refractivity contribution < 1.29 is 14.3 Å². The summed E-state index contributed by atoms with van der Waals surface area (Å²) in [6, 6.07) is 18.0. The summed E-state index contributed by atoms with van der Waals surface area (Å²) in [5.74, 6) is 1.53. The van der Waals surface area contributed by atoms with Crippen LogP contribution < -0.4 is 20.1 Å².